The topological polar surface area (TPSA) is 12.9 Å². The summed E-state index contributed by atoms with van der Waals surface area (Å²) in [6, 6.07) is 10.3. The van der Waals surface area contributed by atoms with Crippen LogP contribution in [-0.2, 0) is 0 Å². The average molecular weight is 173 g/mol. The zero-order valence-electron chi connectivity index (χ0n) is 8.41. The van der Waals surface area contributed by atoms with Gasteiger partial charge in [-0.3, -0.25) is 4.98 Å². The Bertz CT molecular complexity index is 374. The molecular weight excluding hydrogens is 158 g/mol. The van der Waals surface area contributed by atoms with Gasteiger partial charge in [-0.25, -0.2) is 0 Å². The minimum atomic E-state index is 1.10. The van der Waals surface area contributed by atoms with E-state index in [1.165, 1.54) is 10.8 Å². The van der Waals surface area contributed by atoms with E-state index in [9.17, 15) is 0 Å². The van der Waals surface area contributed by atoms with Crippen LogP contribution in [0.1, 0.15) is 19.5 Å². The fourth-order valence-electron chi connectivity index (χ4n) is 1.27. The summed E-state index contributed by atoms with van der Waals surface area (Å²) in [5, 5.41) is 2.51. The van der Waals surface area contributed by atoms with E-state index in [4.69, 9.17) is 0 Å². The monoisotopic (exact) mass is 173 g/mol. The summed E-state index contributed by atoms with van der Waals surface area (Å²) in [7, 11) is 0. The third-order valence-corrected chi connectivity index (χ3v) is 1.87. The first-order chi connectivity index (χ1) is 6.38. The van der Waals surface area contributed by atoms with Crippen molar-refractivity contribution in [1.29, 1.82) is 0 Å². The maximum absolute atomic E-state index is 4.21. The highest BCUT2D eigenvalue weighted by atomic mass is 14.7. The molecule has 0 saturated carbocycles. The lowest BCUT2D eigenvalue weighted by molar-refractivity contribution is 1.24. The van der Waals surface area contributed by atoms with E-state index in [0.29, 0.717) is 0 Å². The first kappa shape index (κ1) is 9.72. The summed E-state index contributed by atoms with van der Waals surface area (Å²) < 4.78 is 0. The van der Waals surface area contributed by atoms with Crippen LogP contribution in [0.2, 0.25) is 0 Å². The number of benzene rings is 1. The van der Waals surface area contributed by atoms with Crippen molar-refractivity contribution in [2.24, 2.45) is 0 Å². The van der Waals surface area contributed by atoms with E-state index in [1.54, 1.807) is 0 Å². The number of pyridine rings is 1. The molecule has 1 heteroatoms. The number of aryl methyl sites for hydroxylation is 1. The number of hydrogen-bond acceptors (Lipinski definition) is 1. The van der Waals surface area contributed by atoms with Crippen molar-refractivity contribution >= 4 is 10.8 Å². The van der Waals surface area contributed by atoms with Crippen LogP contribution in [0, 0.1) is 6.92 Å². The third-order valence-electron chi connectivity index (χ3n) is 1.87. The summed E-state index contributed by atoms with van der Waals surface area (Å²) in [6.45, 7) is 6.03. The molecule has 0 fully saturated rings. The van der Waals surface area contributed by atoms with E-state index < -0.39 is 0 Å². The Kier molecular flexibility index (Phi) is 3.44. The van der Waals surface area contributed by atoms with Crippen LogP contribution in [0.25, 0.3) is 10.8 Å². The molecule has 0 spiro atoms. The van der Waals surface area contributed by atoms with Gasteiger partial charge in [0.05, 0.1) is 0 Å². The van der Waals surface area contributed by atoms with Crippen LogP contribution in [0.4, 0.5) is 0 Å². The van der Waals surface area contributed by atoms with Gasteiger partial charge in [0.15, 0.2) is 0 Å². The van der Waals surface area contributed by atoms with Crippen LogP contribution in [0.3, 0.4) is 0 Å². The molecule has 0 radical (unpaired) electrons. The maximum atomic E-state index is 4.21. The Balaban J connectivity index is 0.000000396. The molecule has 0 bridgehead atoms. The quantitative estimate of drug-likeness (QED) is 0.593. The molecule has 1 nitrogen and oxygen atoms in total. The Labute approximate surface area is 79.4 Å². The van der Waals surface area contributed by atoms with E-state index >= 15 is 0 Å². The zero-order chi connectivity index (χ0) is 9.68. The van der Waals surface area contributed by atoms with Crippen molar-refractivity contribution in [3.8, 4) is 0 Å². The zero-order valence-corrected chi connectivity index (χ0v) is 8.41. The predicted molar refractivity (Wildman–Crippen MR) is 57.8 cm³/mol. The van der Waals surface area contributed by atoms with Crippen LogP contribution in [-0.4, -0.2) is 4.98 Å². The molecule has 1 aromatic heterocycles. The molecule has 13 heavy (non-hydrogen) atoms. The van der Waals surface area contributed by atoms with Gasteiger partial charge in [0.25, 0.3) is 0 Å². The number of hydrogen-bond donors (Lipinski definition) is 0. The molecule has 0 N–H and O–H groups in total. The van der Waals surface area contributed by atoms with Crippen LogP contribution in [0.5, 0.6) is 0 Å². The highest BCUT2D eigenvalue weighted by Gasteiger charge is 1.93. The normalized spacial score (nSPS) is 9.15. The van der Waals surface area contributed by atoms with E-state index in [-0.39, 0.29) is 0 Å². The summed E-state index contributed by atoms with van der Waals surface area (Å²) >= 11 is 0. The molecular formula is C12H15N. The molecule has 0 unspecified atom stereocenters. The number of fused-ring (bicyclic) bond motifs is 1. The minimum absolute atomic E-state index is 1.10. The molecule has 0 aliphatic carbocycles. The number of rotatable bonds is 0. The molecule has 68 valence electrons. The van der Waals surface area contributed by atoms with Gasteiger partial charge >= 0.3 is 0 Å². The predicted octanol–water partition coefficient (Wildman–Crippen LogP) is 3.57. The van der Waals surface area contributed by atoms with Crippen LogP contribution < -0.4 is 0 Å². The standard InChI is InChI=1S/C10H9N.C2H6/c1-8-10-5-3-2-4-9(10)6-7-11-8;1-2/h2-7H,1H3;1-2H3. The lowest BCUT2D eigenvalue weighted by Gasteiger charge is -1.97. The van der Waals surface area contributed by atoms with Gasteiger partial charge in [0.2, 0.25) is 0 Å². The van der Waals surface area contributed by atoms with Gasteiger partial charge in [-0.05, 0) is 18.4 Å². The molecule has 0 amide bonds. The lowest BCUT2D eigenvalue weighted by Crippen LogP contribution is -1.80. The van der Waals surface area contributed by atoms with Gasteiger partial charge in [0, 0.05) is 17.3 Å². The second-order valence-electron chi connectivity index (χ2n) is 2.62. The van der Waals surface area contributed by atoms with Crippen molar-refractivity contribution in [1.82, 2.24) is 4.98 Å². The Hall–Kier alpha value is -1.37. The van der Waals surface area contributed by atoms with E-state index in [0.717, 1.165) is 5.69 Å². The molecule has 1 heterocycles. The Morgan fingerprint density at radius 1 is 1.00 bits per heavy atom. The van der Waals surface area contributed by atoms with Crippen molar-refractivity contribution in [2.75, 3.05) is 0 Å². The summed E-state index contributed by atoms with van der Waals surface area (Å²) in [4.78, 5) is 4.21. The Morgan fingerprint density at radius 3 is 2.38 bits per heavy atom. The fourth-order valence-corrected chi connectivity index (χ4v) is 1.27. The van der Waals surface area contributed by atoms with Crippen molar-refractivity contribution in [3.05, 3.63) is 42.2 Å². The van der Waals surface area contributed by atoms with Gasteiger partial charge in [0.1, 0.15) is 0 Å². The van der Waals surface area contributed by atoms with Crippen molar-refractivity contribution in [3.63, 3.8) is 0 Å². The molecule has 0 saturated heterocycles. The summed E-state index contributed by atoms with van der Waals surface area (Å²) in [5.74, 6) is 0. The average Bonchev–Trinajstić information content (AvgIpc) is 2.22. The second kappa shape index (κ2) is 4.61. The fraction of sp³-hybridized carbons (Fsp3) is 0.250. The van der Waals surface area contributed by atoms with Gasteiger partial charge in [-0.2, -0.15) is 0 Å². The smallest absolute Gasteiger partial charge is 0.0450 e. The highest BCUT2D eigenvalue weighted by molar-refractivity contribution is 5.83. The Morgan fingerprint density at radius 2 is 1.69 bits per heavy atom. The first-order valence-electron chi connectivity index (χ1n) is 4.68. The first-order valence-corrected chi connectivity index (χ1v) is 4.68. The SMILES string of the molecule is CC.Cc1nccc2ccccc12. The largest absolute Gasteiger partial charge is 0.261 e. The van der Waals surface area contributed by atoms with E-state index in [1.807, 2.05) is 45.2 Å². The summed E-state index contributed by atoms with van der Waals surface area (Å²) in [6.07, 6.45) is 1.84. The number of aromatic nitrogens is 1. The minimum Gasteiger partial charge on any atom is -0.261 e. The molecule has 2 rings (SSSR count). The van der Waals surface area contributed by atoms with Gasteiger partial charge < -0.3 is 0 Å². The second-order valence-corrected chi connectivity index (χ2v) is 2.62. The molecule has 0 aliphatic rings. The number of nitrogens with zero attached hydrogens (tertiary/aromatic N) is 1. The van der Waals surface area contributed by atoms with Crippen LogP contribution in [0.15, 0.2) is 36.5 Å². The highest BCUT2D eigenvalue weighted by Crippen LogP contribution is 2.14. The van der Waals surface area contributed by atoms with Gasteiger partial charge in [-0.1, -0.05) is 38.1 Å². The lowest BCUT2D eigenvalue weighted by atomic mass is 10.1. The molecule has 1 aromatic carbocycles. The van der Waals surface area contributed by atoms with Crippen molar-refractivity contribution < 1.29 is 0 Å². The van der Waals surface area contributed by atoms with Gasteiger partial charge in [-0.15, -0.1) is 0 Å². The van der Waals surface area contributed by atoms with Crippen LogP contribution >= 0.6 is 0 Å². The van der Waals surface area contributed by atoms with E-state index in [2.05, 4.69) is 17.1 Å². The maximum Gasteiger partial charge on any atom is 0.0450 e. The molecule has 2 aromatic rings. The van der Waals surface area contributed by atoms with Crippen molar-refractivity contribution in [2.45, 2.75) is 20.8 Å². The molecule has 0 atom stereocenters. The molecule has 0 aliphatic heterocycles. The third kappa shape index (κ3) is 2.05. The summed E-state index contributed by atoms with van der Waals surface area (Å²) in [5.41, 5.74) is 1.10.